The summed E-state index contributed by atoms with van der Waals surface area (Å²) in [5.74, 6) is 0. The van der Waals surface area contributed by atoms with E-state index in [1.54, 1.807) is 48.5 Å². The maximum absolute atomic E-state index is 12.2. The summed E-state index contributed by atoms with van der Waals surface area (Å²) in [7, 11) is -7.27. The van der Waals surface area contributed by atoms with Gasteiger partial charge in [0.15, 0.2) is 0 Å². The van der Waals surface area contributed by atoms with Crippen LogP contribution in [0.5, 0.6) is 0 Å². The van der Waals surface area contributed by atoms with Crippen LogP contribution in [0.4, 0.5) is 0 Å². The van der Waals surface area contributed by atoms with Crippen LogP contribution in [0.2, 0.25) is 0 Å². The normalized spacial score (nSPS) is 12.1. The zero-order valence-electron chi connectivity index (χ0n) is 29.3. The first kappa shape index (κ1) is 41.4. The van der Waals surface area contributed by atoms with E-state index in [-0.39, 0.29) is 23.0 Å². The Balaban J connectivity index is 1.23. The summed E-state index contributed by atoms with van der Waals surface area (Å²) in [6.07, 6.45) is 23.2. The molecular formula is C38H62O7S2. The molecule has 0 radical (unpaired) electrons. The van der Waals surface area contributed by atoms with Crippen LogP contribution in [-0.2, 0) is 33.3 Å². The predicted molar refractivity (Wildman–Crippen MR) is 192 cm³/mol. The van der Waals surface area contributed by atoms with Crippen molar-refractivity contribution in [3.05, 3.63) is 59.7 Å². The quantitative estimate of drug-likeness (QED) is 0.0593. The van der Waals surface area contributed by atoms with Gasteiger partial charge in [-0.05, 0) is 63.8 Å². The van der Waals surface area contributed by atoms with Gasteiger partial charge >= 0.3 is 0 Å². The summed E-state index contributed by atoms with van der Waals surface area (Å²) in [4.78, 5) is 0.462. The second-order valence-electron chi connectivity index (χ2n) is 12.9. The van der Waals surface area contributed by atoms with Gasteiger partial charge in [0.05, 0.1) is 23.0 Å². The third kappa shape index (κ3) is 20.4. The fraction of sp³-hybridized carbons (Fsp3) is 0.684. The topological polar surface area (TPSA) is 96.0 Å². The molecule has 7 nitrogen and oxygen atoms in total. The van der Waals surface area contributed by atoms with Gasteiger partial charge in [0.1, 0.15) is 0 Å². The summed E-state index contributed by atoms with van der Waals surface area (Å²) in [6.45, 7) is 6.13. The standard InChI is InChI=1S/C38H62O7S2/c1-35-23-27-37(28-24-35)46(39,40)44-33-21-17-13-9-5-3-7-11-15-19-31-43-32-20-16-12-8-4-6-10-14-18-22-34-45-47(41,42)38-29-25-36(2)26-30-38/h23-30H,3-22,31-34H2,1-2H3. The second kappa shape index (κ2) is 25.2. The van der Waals surface area contributed by atoms with E-state index in [0.717, 1.165) is 75.7 Å². The molecular weight excluding hydrogens is 633 g/mol. The predicted octanol–water partition coefficient (Wildman–Crippen LogP) is 10.2. The van der Waals surface area contributed by atoms with Crippen molar-refractivity contribution < 1.29 is 29.9 Å². The van der Waals surface area contributed by atoms with E-state index in [0.29, 0.717) is 0 Å². The molecule has 0 aliphatic heterocycles. The lowest BCUT2D eigenvalue weighted by molar-refractivity contribution is 0.125. The van der Waals surface area contributed by atoms with Gasteiger partial charge in [0.2, 0.25) is 0 Å². The highest BCUT2D eigenvalue weighted by Gasteiger charge is 2.15. The van der Waals surface area contributed by atoms with Crippen LogP contribution in [0.15, 0.2) is 58.3 Å². The molecule has 0 aliphatic rings. The molecule has 0 bridgehead atoms. The van der Waals surface area contributed by atoms with E-state index >= 15 is 0 Å². The molecule has 0 aliphatic carbocycles. The molecule has 0 heterocycles. The van der Waals surface area contributed by atoms with Crippen molar-refractivity contribution in [1.29, 1.82) is 0 Å². The van der Waals surface area contributed by atoms with Crippen molar-refractivity contribution in [3.8, 4) is 0 Å². The zero-order valence-corrected chi connectivity index (χ0v) is 30.9. The van der Waals surface area contributed by atoms with Gasteiger partial charge in [-0.15, -0.1) is 0 Å². The average molecular weight is 695 g/mol. The lowest BCUT2D eigenvalue weighted by atomic mass is 10.1. The molecule has 0 spiro atoms. The van der Waals surface area contributed by atoms with Crippen LogP contribution in [0.3, 0.4) is 0 Å². The Morgan fingerprint density at radius 2 is 0.596 bits per heavy atom. The molecule has 47 heavy (non-hydrogen) atoms. The maximum Gasteiger partial charge on any atom is 0.296 e. The molecule has 2 rings (SSSR count). The number of rotatable bonds is 30. The maximum atomic E-state index is 12.2. The molecule has 0 atom stereocenters. The number of benzene rings is 2. The molecule has 0 aromatic heterocycles. The average Bonchev–Trinajstić information content (AvgIpc) is 3.04. The van der Waals surface area contributed by atoms with Crippen LogP contribution in [0.1, 0.15) is 140 Å². The van der Waals surface area contributed by atoms with Gasteiger partial charge in [0.25, 0.3) is 20.2 Å². The van der Waals surface area contributed by atoms with E-state index in [1.165, 1.54) is 77.0 Å². The Kier molecular flexibility index (Phi) is 22.2. The third-order valence-corrected chi connectivity index (χ3v) is 11.1. The van der Waals surface area contributed by atoms with Crippen molar-refractivity contribution >= 4 is 20.2 Å². The minimum atomic E-state index is -3.64. The van der Waals surface area contributed by atoms with Gasteiger partial charge in [-0.1, -0.05) is 138 Å². The first-order valence-corrected chi connectivity index (χ1v) is 21.0. The Morgan fingerprint density at radius 3 is 0.872 bits per heavy atom. The molecule has 0 saturated carbocycles. The number of ether oxygens (including phenoxy) is 1. The fourth-order valence-electron chi connectivity index (χ4n) is 5.43. The Hall–Kier alpha value is -1.78. The minimum Gasteiger partial charge on any atom is -0.381 e. The van der Waals surface area contributed by atoms with Crippen molar-refractivity contribution in [1.82, 2.24) is 0 Å². The molecule has 0 unspecified atom stereocenters. The Labute approximate surface area is 287 Å². The van der Waals surface area contributed by atoms with Gasteiger partial charge in [0, 0.05) is 13.2 Å². The Morgan fingerprint density at radius 1 is 0.362 bits per heavy atom. The van der Waals surface area contributed by atoms with Crippen molar-refractivity contribution in [2.75, 3.05) is 26.4 Å². The monoisotopic (exact) mass is 694 g/mol. The van der Waals surface area contributed by atoms with Crippen LogP contribution in [0.25, 0.3) is 0 Å². The van der Waals surface area contributed by atoms with E-state index in [9.17, 15) is 16.8 Å². The van der Waals surface area contributed by atoms with Gasteiger partial charge in [-0.3, -0.25) is 8.37 Å². The number of hydrogen-bond donors (Lipinski definition) is 0. The first-order chi connectivity index (χ1) is 22.7. The second-order valence-corrected chi connectivity index (χ2v) is 16.1. The first-order valence-electron chi connectivity index (χ1n) is 18.2. The third-order valence-electron chi connectivity index (χ3n) is 8.46. The van der Waals surface area contributed by atoms with Crippen molar-refractivity contribution in [3.63, 3.8) is 0 Å². The largest absolute Gasteiger partial charge is 0.381 e. The lowest BCUT2D eigenvalue weighted by Crippen LogP contribution is -2.07. The molecule has 9 heteroatoms. The molecule has 0 fully saturated rings. The summed E-state index contributed by atoms with van der Waals surface area (Å²) in [6, 6.07) is 13.5. The highest BCUT2D eigenvalue weighted by atomic mass is 32.2. The summed E-state index contributed by atoms with van der Waals surface area (Å²) >= 11 is 0. The number of unbranched alkanes of at least 4 members (excludes halogenated alkanes) is 18. The van der Waals surface area contributed by atoms with Gasteiger partial charge in [-0.25, -0.2) is 0 Å². The van der Waals surface area contributed by atoms with Gasteiger partial charge < -0.3 is 4.74 Å². The fourth-order valence-corrected chi connectivity index (χ4v) is 7.31. The zero-order chi connectivity index (χ0) is 34.1. The van der Waals surface area contributed by atoms with Crippen molar-refractivity contribution in [2.45, 2.75) is 152 Å². The van der Waals surface area contributed by atoms with Gasteiger partial charge in [-0.2, -0.15) is 16.8 Å². The highest BCUT2D eigenvalue weighted by molar-refractivity contribution is 7.87. The molecule has 0 saturated heterocycles. The smallest absolute Gasteiger partial charge is 0.296 e. The lowest BCUT2D eigenvalue weighted by Gasteiger charge is -2.07. The van der Waals surface area contributed by atoms with E-state index in [4.69, 9.17) is 13.1 Å². The highest BCUT2D eigenvalue weighted by Crippen LogP contribution is 2.17. The van der Waals surface area contributed by atoms with Crippen LogP contribution in [-0.4, -0.2) is 43.3 Å². The van der Waals surface area contributed by atoms with E-state index < -0.39 is 20.2 Å². The number of aryl methyl sites for hydroxylation is 2. The molecule has 2 aromatic rings. The molecule has 268 valence electrons. The van der Waals surface area contributed by atoms with E-state index in [2.05, 4.69) is 0 Å². The van der Waals surface area contributed by atoms with Crippen LogP contribution in [0, 0.1) is 13.8 Å². The summed E-state index contributed by atoms with van der Waals surface area (Å²) in [5, 5.41) is 0. The van der Waals surface area contributed by atoms with Crippen molar-refractivity contribution in [2.24, 2.45) is 0 Å². The minimum absolute atomic E-state index is 0.231. The Bertz CT molecular complexity index is 1160. The van der Waals surface area contributed by atoms with Crippen LogP contribution >= 0.6 is 0 Å². The molecule has 0 N–H and O–H groups in total. The molecule has 2 aromatic carbocycles. The summed E-state index contributed by atoms with van der Waals surface area (Å²) < 4.78 is 64.9. The number of hydrogen-bond acceptors (Lipinski definition) is 7. The SMILES string of the molecule is Cc1ccc(S(=O)(=O)OCCCCCCCCCCCCOCCCCCCCCCCCCOS(=O)(=O)c2ccc(C)cc2)cc1. The molecule has 0 amide bonds. The summed E-state index contributed by atoms with van der Waals surface area (Å²) in [5.41, 5.74) is 2.06. The van der Waals surface area contributed by atoms with E-state index in [1.807, 2.05) is 13.8 Å². The van der Waals surface area contributed by atoms with Crippen LogP contribution < -0.4 is 0 Å².